The molecule has 4 heteroatoms. The molecule has 2 fully saturated rings. The minimum Gasteiger partial charge on any atom is -0.338 e. The van der Waals surface area contributed by atoms with Crippen molar-refractivity contribution in [2.24, 2.45) is 5.92 Å². The van der Waals surface area contributed by atoms with Crippen LogP contribution in [0, 0.1) is 17.2 Å². The van der Waals surface area contributed by atoms with Crippen LogP contribution in [0.5, 0.6) is 0 Å². The van der Waals surface area contributed by atoms with E-state index < -0.39 is 5.54 Å². The van der Waals surface area contributed by atoms with Crippen LogP contribution in [0.3, 0.4) is 0 Å². The lowest BCUT2D eigenvalue weighted by Crippen LogP contribution is -2.51. The molecule has 0 radical (unpaired) electrons. The van der Waals surface area contributed by atoms with Gasteiger partial charge in [-0.1, -0.05) is 19.3 Å². The number of rotatable bonds is 2. The van der Waals surface area contributed by atoms with Gasteiger partial charge in [0, 0.05) is 5.92 Å². The predicted molar refractivity (Wildman–Crippen MR) is 65.2 cm³/mol. The molecule has 1 aliphatic heterocycles. The summed E-state index contributed by atoms with van der Waals surface area (Å²) in [6.45, 7) is 1.83. The Morgan fingerprint density at radius 1 is 1.24 bits per heavy atom. The average molecular weight is 235 g/mol. The second kappa shape index (κ2) is 5.50. The van der Waals surface area contributed by atoms with Crippen LogP contribution in [0.15, 0.2) is 0 Å². The highest BCUT2D eigenvalue weighted by molar-refractivity contribution is 5.80. The number of nitrogens with one attached hydrogen (secondary N) is 2. The molecule has 0 aromatic carbocycles. The van der Waals surface area contributed by atoms with Crippen LogP contribution in [0.25, 0.3) is 0 Å². The summed E-state index contributed by atoms with van der Waals surface area (Å²) in [5, 5.41) is 15.6. The number of nitriles is 1. The molecule has 0 bridgehead atoms. The molecule has 1 aliphatic carbocycles. The van der Waals surface area contributed by atoms with Crippen molar-refractivity contribution in [3.05, 3.63) is 0 Å². The molecular weight excluding hydrogens is 214 g/mol. The number of carbonyl (C=O) groups is 1. The molecule has 0 unspecified atom stereocenters. The van der Waals surface area contributed by atoms with E-state index in [1.54, 1.807) is 0 Å². The summed E-state index contributed by atoms with van der Waals surface area (Å²) < 4.78 is 0. The third-order valence-corrected chi connectivity index (χ3v) is 3.99. The summed E-state index contributed by atoms with van der Waals surface area (Å²) >= 11 is 0. The maximum absolute atomic E-state index is 12.1. The maximum atomic E-state index is 12.1. The Kier molecular flexibility index (Phi) is 4.01. The van der Waals surface area contributed by atoms with Gasteiger partial charge in [-0.2, -0.15) is 5.26 Å². The number of amides is 1. The minimum absolute atomic E-state index is 0.0925. The molecule has 1 heterocycles. The van der Waals surface area contributed by atoms with Crippen LogP contribution in [0.2, 0.25) is 0 Å². The Bertz CT molecular complexity index is 309. The molecule has 17 heavy (non-hydrogen) atoms. The van der Waals surface area contributed by atoms with Gasteiger partial charge in [-0.05, 0) is 38.8 Å². The van der Waals surface area contributed by atoms with Crippen molar-refractivity contribution in [1.29, 1.82) is 5.26 Å². The van der Waals surface area contributed by atoms with Crippen LogP contribution in [-0.4, -0.2) is 24.5 Å². The highest BCUT2D eigenvalue weighted by Crippen LogP contribution is 2.28. The van der Waals surface area contributed by atoms with Crippen LogP contribution in [0.1, 0.15) is 44.9 Å². The van der Waals surface area contributed by atoms with E-state index in [9.17, 15) is 10.1 Å². The molecule has 0 aromatic rings. The average Bonchev–Trinajstić information content (AvgIpc) is 2.41. The van der Waals surface area contributed by atoms with Crippen LogP contribution in [0.4, 0.5) is 0 Å². The molecule has 1 amide bonds. The first-order valence-corrected chi connectivity index (χ1v) is 6.70. The summed E-state index contributed by atoms with van der Waals surface area (Å²) in [5.74, 6) is 0.193. The molecule has 94 valence electrons. The predicted octanol–water partition coefficient (Wildman–Crippen LogP) is 1.33. The van der Waals surface area contributed by atoms with E-state index >= 15 is 0 Å². The molecule has 0 atom stereocenters. The fourth-order valence-electron chi connectivity index (χ4n) is 2.84. The third kappa shape index (κ3) is 2.98. The largest absolute Gasteiger partial charge is 0.338 e. The van der Waals surface area contributed by atoms with Crippen molar-refractivity contribution in [2.75, 3.05) is 13.1 Å². The summed E-state index contributed by atoms with van der Waals surface area (Å²) in [6, 6.07) is 2.34. The smallest absolute Gasteiger partial charge is 0.224 e. The molecule has 2 rings (SSSR count). The summed E-state index contributed by atoms with van der Waals surface area (Å²) in [5.41, 5.74) is -0.569. The Labute approximate surface area is 103 Å². The second-order valence-electron chi connectivity index (χ2n) is 5.27. The fourth-order valence-corrected chi connectivity index (χ4v) is 2.84. The van der Waals surface area contributed by atoms with E-state index in [0.717, 1.165) is 51.6 Å². The normalized spacial score (nSPS) is 24.9. The molecule has 2 N–H and O–H groups in total. The number of carbonyl (C=O) groups excluding carboxylic acids is 1. The Balaban J connectivity index is 1.93. The monoisotopic (exact) mass is 235 g/mol. The van der Waals surface area contributed by atoms with Crippen molar-refractivity contribution in [2.45, 2.75) is 50.5 Å². The number of hydrogen-bond donors (Lipinski definition) is 2. The molecular formula is C13H21N3O. The van der Waals surface area contributed by atoms with Gasteiger partial charge in [0.05, 0.1) is 6.07 Å². The van der Waals surface area contributed by atoms with Gasteiger partial charge in [0.2, 0.25) is 5.91 Å². The zero-order chi connectivity index (χ0) is 12.1. The minimum atomic E-state index is -0.569. The first-order chi connectivity index (χ1) is 8.26. The van der Waals surface area contributed by atoms with Crippen LogP contribution in [-0.2, 0) is 4.79 Å². The maximum Gasteiger partial charge on any atom is 0.224 e. The highest BCUT2D eigenvalue weighted by Gasteiger charge is 2.35. The molecule has 1 saturated heterocycles. The van der Waals surface area contributed by atoms with E-state index in [2.05, 4.69) is 16.7 Å². The fraction of sp³-hybridized carbons (Fsp3) is 0.846. The van der Waals surface area contributed by atoms with E-state index in [1.165, 1.54) is 6.42 Å². The van der Waals surface area contributed by atoms with Gasteiger partial charge in [0.25, 0.3) is 0 Å². The van der Waals surface area contributed by atoms with Crippen molar-refractivity contribution < 1.29 is 4.79 Å². The zero-order valence-corrected chi connectivity index (χ0v) is 10.3. The Morgan fingerprint density at radius 2 is 1.88 bits per heavy atom. The SMILES string of the molecule is N#CC1(NC(=O)C2CCNCC2)CCCCC1. The van der Waals surface area contributed by atoms with Gasteiger partial charge >= 0.3 is 0 Å². The standard InChI is InChI=1S/C13H21N3O/c14-10-13(6-2-1-3-7-13)16-12(17)11-4-8-15-9-5-11/h11,15H,1-9H2,(H,16,17). The van der Waals surface area contributed by atoms with E-state index in [4.69, 9.17) is 0 Å². The Morgan fingerprint density at radius 3 is 2.47 bits per heavy atom. The lowest BCUT2D eigenvalue weighted by Gasteiger charge is -2.33. The van der Waals surface area contributed by atoms with Gasteiger partial charge in [-0.25, -0.2) is 0 Å². The number of piperidine rings is 1. The van der Waals surface area contributed by atoms with Gasteiger partial charge in [-0.15, -0.1) is 0 Å². The van der Waals surface area contributed by atoms with Gasteiger partial charge in [-0.3, -0.25) is 4.79 Å². The zero-order valence-electron chi connectivity index (χ0n) is 10.3. The van der Waals surface area contributed by atoms with Crippen LogP contribution < -0.4 is 10.6 Å². The van der Waals surface area contributed by atoms with Crippen molar-refractivity contribution >= 4 is 5.91 Å². The topological polar surface area (TPSA) is 64.9 Å². The summed E-state index contributed by atoms with van der Waals surface area (Å²) in [4.78, 5) is 12.1. The van der Waals surface area contributed by atoms with Gasteiger partial charge in [0.15, 0.2) is 0 Å². The first kappa shape index (κ1) is 12.4. The summed E-state index contributed by atoms with van der Waals surface area (Å²) in [6.07, 6.45) is 6.73. The van der Waals surface area contributed by atoms with E-state index in [-0.39, 0.29) is 11.8 Å². The lowest BCUT2D eigenvalue weighted by atomic mass is 9.82. The van der Waals surface area contributed by atoms with Crippen LogP contribution >= 0.6 is 0 Å². The van der Waals surface area contributed by atoms with E-state index in [1.807, 2.05) is 0 Å². The molecule has 4 nitrogen and oxygen atoms in total. The van der Waals surface area contributed by atoms with E-state index in [0.29, 0.717) is 0 Å². The van der Waals surface area contributed by atoms with Crippen molar-refractivity contribution in [3.8, 4) is 6.07 Å². The second-order valence-corrected chi connectivity index (χ2v) is 5.27. The van der Waals surface area contributed by atoms with Crippen molar-refractivity contribution in [1.82, 2.24) is 10.6 Å². The number of nitrogens with zero attached hydrogens (tertiary/aromatic N) is 1. The van der Waals surface area contributed by atoms with Crippen molar-refractivity contribution in [3.63, 3.8) is 0 Å². The molecule has 2 aliphatic rings. The van der Waals surface area contributed by atoms with Gasteiger partial charge in [0.1, 0.15) is 5.54 Å². The van der Waals surface area contributed by atoms with Gasteiger partial charge < -0.3 is 10.6 Å². The Hall–Kier alpha value is -1.08. The molecule has 0 aromatic heterocycles. The first-order valence-electron chi connectivity index (χ1n) is 6.70. The lowest BCUT2D eigenvalue weighted by molar-refractivity contribution is -0.127. The number of hydrogen-bond acceptors (Lipinski definition) is 3. The third-order valence-electron chi connectivity index (χ3n) is 3.99. The quantitative estimate of drug-likeness (QED) is 0.759. The highest BCUT2D eigenvalue weighted by atomic mass is 16.2. The molecule has 0 spiro atoms. The molecule has 1 saturated carbocycles. The summed E-state index contributed by atoms with van der Waals surface area (Å²) in [7, 11) is 0.